The minimum Gasteiger partial charge on any atom is -0.493 e. The summed E-state index contributed by atoms with van der Waals surface area (Å²) >= 11 is 0. The van der Waals surface area contributed by atoms with E-state index in [4.69, 9.17) is 9.47 Å². The monoisotopic (exact) mass is 551 g/mol. The molecule has 3 aromatic rings. The molecule has 0 amide bonds. The van der Waals surface area contributed by atoms with Gasteiger partial charge in [0.15, 0.2) is 17.5 Å². The molecule has 7 nitrogen and oxygen atoms in total. The molecule has 0 unspecified atom stereocenters. The molecule has 2 aromatic carbocycles. The molecule has 8 heteroatoms. The summed E-state index contributed by atoms with van der Waals surface area (Å²) in [5, 5.41) is 6.78. The first-order chi connectivity index (χ1) is 15.2. The van der Waals surface area contributed by atoms with Gasteiger partial charge in [0.25, 0.3) is 0 Å². The van der Waals surface area contributed by atoms with E-state index in [9.17, 15) is 0 Å². The summed E-state index contributed by atoms with van der Waals surface area (Å²) in [5.41, 5.74) is 3.45. The number of nitrogens with zero attached hydrogens (tertiary/aromatic N) is 3. The molecule has 0 saturated heterocycles. The van der Waals surface area contributed by atoms with Crippen LogP contribution in [0.4, 0.5) is 0 Å². The van der Waals surface area contributed by atoms with E-state index in [-0.39, 0.29) is 24.0 Å². The average Bonchev–Trinajstić information content (AvgIpc) is 3.21. The van der Waals surface area contributed by atoms with Crippen LogP contribution in [0.25, 0.3) is 11.0 Å². The highest BCUT2D eigenvalue weighted by Gasteiger charge is 2.06. The predicted octanol–water partition coefficient (Wildman–Crippen LogP) is 4.25. The number of fused-ring (bicyclic) bond motifs is 1. The first-order valence-electron chi connectivity index (χ1n) is 10.9. The van der Waals surface area contributed by atoms with Crippen LogP contribution in [0.2, 0.25) is 0 Å². The lowest BCUT2D eigenvalue weighted by Gasteiger charge is -2.13. The van der Waals surface area contributed by atoms with Gasteiger partial charge >= 0.3 is 0 Å². The molecule has 174 valence electrons. The Morgan fingerprint density at radius 1 is 1.06 bits per heavy atom. The van der Waals surface area contributed by atoms with Crippen LogP contribution in [0.3, 0.4) is 0 Å². The third-order valence-corrected chi connectivity index (χ3v) is 5.08. The fourth-order valence-electron chi connectivity index (χ4n) is 3.51. The molecule has 1 aromatic heterocycles. The number of aromatic nitrogens is 2. The van der Waals surface area contributed by atoms with Crippen LogP contribution in [-0.4, -0.2) is 49.4 Å². The highest BCUT2D eigenvalue weighted by molar-refractivity contribution is 14.0. The number of hydrogen-bond donors (Lipinski definition) is 2. The topological polar surface area (TPSA) is 72.7 Å². The fourth-order valence-corrected chi connectivity index (χ4v) is 3.51. The summed E-state index contributed by atoms with van der Waals surface area (Å²) in [5.74, 6) is 2.41. The lowest BCUT2D eigenvalue weighted by Crippen LogP contribution is -2.38. The standard InChI is InChI=1S/C24H33N5O2.HI/c1-4-31-23-17-19(12-13-22(23)30-3)9-7-14-26-24(25-2)27-15-8-16-29-18-28-20-10-5-6-11-21(20)29;/h5-6,10-13,17-18H,4,7-9,14-16H2,1-3H3,(H2,25,26,27);1H. The number of guanidine groups is 1. The van der Waals surface area contributed by atoms with Crippen molar-refractivity contribution in [2.24, 2.45) is 4.99 Å². The van der Waals surface area contributed by atoms with Crippen molar-refractivity contribution in [3.05, 3.63) is 54.4 Å². The van der Waals surface area contributed by atoms with Crippen LogP contribution in [0.15, 0.2) is 53.8 Å². The Labute approximate surface area is 207 Å². The van der Waals surface area contributed by atoms with Crippen molar-refractivity contribution in [1.82, 2.24) is 20.2 Å². The van der Waals surface area contributed by atoms with E-state index < -0.39 is 0 Å². The molecule has 1 heterocycles. The maximum Gasteiger partial charge on any atom is 0.190 e. The Morgan fingerprint density at radius 3 is 2.59 bits per heavy atom. The second kappa shape index (κ2) is 13.8. The SMILES string of the molecule is CCOc1cc(CCCNC(=NC)NCCCn2cnc3ccccc32)ccc1OC.I. The van der Waals surface area contributed by atoms with Crippen LogP contribution in [-0.2, 0) is 13.0 Å². The highest BCUT2D eigenvalue weighted by Crippen LogP contribution is 2.28. The van der Waals surface area contributed by atoms with Gasteiger partial charge in [0.2, 0.25) is 0 Å². The average molecular weight is 551 g/mol. The molecule has 0 bridgehead atoms. The Morgan fingerprint density at radius 2 is 1.84 bits per heavy atom. The number of halogens is 1. The number of nitrogens with one attached hydrogen (secondary N) is 2. The summed E-state index contributed by atoms with van der Waals surface area (Å²) in [7, 11) is 3.47. The van der Waals surface area contributed by atoms with Crippen molar-refractivity contribution in [2.45, 2.75) is 32.7 Å². The molecular weight excluding hydrogens is 517 g/mol. The highest BCUT2D eigenvalue weighted by atomic mass is 127. The third kappa shape index (κ3) is 7.29. The van der Waals surface area contributed by atoms with Gasteiger partial charge in [0.1, 0.15) is 0 Å². The maximum absolute atomic E-state index is 5.66. The molecule has 0 fully saturated rings. The van der Waals surface area contributed by atoms with Gasteiger partial charge in [-0.3, -0.25) is 4.99 Å². The van der Waals surface area contributed by atoms with E-state index in [1.807, 2.05) is 37.5 Å². The molecule has 0 aliphatic carbocycles. The summed E-state index contributed by atoms with van der Waals surface area (Å²) < 4.78 is 13.2. The molecule has 0 aliphatic heterocycles. The zero-order valence-corrected chi connectivity index (χ0v) is 21.5. The molecular formula is C24H34IN5O2. The van der Waals surface area contributed by atoms with E-state index in [0.29, 0.717) is 6.61 Å². The lowest BCUT2D eigenvalue weighted by atomic mass is 10.1. The zero-order valence-electron chi connectivity index (χ0n) is 19.1. The number of imidazole rings is 1. The molecule has 3 rings (SSSR count). The number of methoxy groups -OCH3 is 1. The predicted molar refractivity (Wildman–Crippen MR) is 142 cm³/mol. The van der Waals surface area contributed by atoms with Crippen molar-refractivity contribution < 1.29 is 9.47 Å². The smallest absolute Gasteiger partial charge is 0.190 e. The number of hydrogen-bond acceptors (Lipinski definition) is 4. The summed E-state index contributed by atoms with van der Waals surface area (Å²) in [6, 6.07) is 14.3. The number of rotatable bonds is 11. The molecule has 0 spiro atoms. The third-order valence-electron chi connectivity index (χ3n) is 5.08. The van der Waals surface area contributed by atoms with Crippen LogP contribution in [0.5, 0.6) is 11.5 Å². The quantitative estimate of drug-likeness (QED) is 0.161. The van der Waals surface area contributed by atoms with Gasteiger partial charge < -0.3 is 24.7 Å². The number of para-hydroxylation sites is 2. The van der Waals surface area contributed by atoms with Crippen molar-refractivity contribution in [2.75, 3.05) is 33.9 Å². The summed E-state index contributed by atoms with van der Waals surface area (Å²) in [6.07, 6.45) is 4.86. The Kier molecular flexibility index (Phi) is 11.1. The van der Waals surface area contributed by atoms with Crippen LogP contribution < -0.4 is 20.1 Å². The lowest BCUT2D eigenvalue weighted by molar-refractivity contribution is 0.310. The normalized spacial score (nSPS) is 11.2. The van der Waals surface area contributed by atoms with E-state index >= 15 is 0 Å². The first kappa shape index (κ1) is 25.8. The van der Waals surface area contributed by atoms with Crippen molar-refractivity contribution >= 4 is 41.0 Å². The Balaban J connectivity index is 0.00000363. The fraction of sp³-hybridized carbons (Fsp3) is 0.417. The van der Waals surface area contributed by atoms with Gasteiger partial charge in [-0.15, -0.1) is 24.0 Å². The van der Waals surface area contributed by atoms with Crippen molar-refractivity contribution in [3.63, 3.8) is 0 Å². The minimum atomic E-state index is 0. The largest absolute Gasteiger partial charge is 0.493 e. The van der Waals surface area contributed by atoms with Crippen LogP contribution in [0.1, 0.15) is 25.3 Å². The first-order valence-corrected chi connectivity index (χ1v) is 10.9. The number of ether oxygens (including phenoxy) is 2. The van der Waals surface area contributed by atoms with E-state index in [0.717, 1.165) is 61.9 Å². The van der Waals surface area contributed by atoms with Gasteiger partial charge in [-0.1, -0.05) is 18.2 Å². The van der Waals surface area contributed by atoms with Gasteiger partial charge in [0, 0.05) is 26.7 Å². The van der Waals surface area contributed by atoms with Crippen molar-refractivity contribution in [1.29, 1.82) is 0 Å². The van der Waals surface area contributed by atoms with Crippen LogP contribution >= 0.6 is 24.0 Å². The second-order valence-corrected chi connectivity index (χ2v) is 7.23. The minimum absolute atomic E-state index is 0. The number of aliphatic imine (C=N–C) groups is 1. The van der Waals surface area contributed by atoms with E-state index in [2.05, 4.69) is 43.4 Å². The molecule has 32 heavy (non-hydrogen) atoms. The second-order valence-electron chi connectivity index (χ2n) is 7.23. The molecule has 0 aliphatic rings. The number of aryl methyl sites for hydroxylation is 2. The van der Waals surface area contributed by atoms with E-state index in [1.54, 1.807) is 14.2 Å². The number of benzene rings is 2. The Bertz CT molecular complexity index is 989. The Hall–Kier alpha value is -2.49. The van der Waals surface area contributed by atoms with E-state index in [1.165, 1.54) is 11.1 Å². The maximum atomic E-state index is 5.66. The summed E-state index contributed by atoms with van der Waals surface area (Å²) in [4.78, 5) is 8.76. The summed E-state index contributed by atoms with van der Waals surface area (Å²) in [6.45, 7) is 5.22. The molecule has 2 N–H and O–H groups in total. The van der Waals surface area contributed by atoms with Gasteiger partial charge in [-0.2, -0.15) is 0 Å². The van der Waals surface area contributed by atoms with Gasteiger partial charge in [0.05, 0.1) is 31.1 Å². The molecule has 0 atom stereocenters. The molecule has 0 radical (unpaired) electrons. The van der Waals surface area contributed by atoms with Crippen LogP contribution in [0, 0.1) is 0 Å². The molecule has 0 saturated carbocycles. The van der Waals surface area contributed by atoms with Gasteiger partial charge in [-0.05, 0) is 56.0 Å². The van der Waals surface area contributed by atoms with Gasteiger partial charge in [-0.25, -0.2) is 4.98 Å². The van der Waals surface area contributed by atoms with Crippen molar-refractivity contribution in [3.8, 4) is 11.5 Å². The zero-order chi connectivity index (χ0) is 21.9.